The summed E-state index contributed by atoms with van der Waals surface area (Å²) in [5.74, 6) is 0.146. The molecule has 2 nitrogen and oxygen atoms in total. The van der Waals surface area contributed by atoms with E-state index in [-0.39, 0.29) is 5.91 Å². The molecule has 0 bridgehead atoms. The van der Waals surface area contributed by atoms with Crippen molar-refractivity contribution in [2.45, 2.75) is 37.9 Å². The lowest BCUT2D eigenvalue weighted by molar-refractivity contribution is -0.120. The topological polar surface area (TPSA) is 20.3 Å². The number of hydrogen-bond acceptors (Lipinski definition) is 1. The average Bonchev–Trinajstić information content (AvgIpc) is 2.26. The average molecular weight is 296 g/mol. The number of hydrogen-bond donors (Lipinski definition) is 0. The lowest BCUT2D eigenvalue weighted by Crippen LogP contribution is -2.44. The number of benzene rings is 1. The molecule has 17 heavy (non-hydrogen) atoms. The number of carbonyl (C=O) groups is 1. The highest BCUT2D eigenvalue weighted by molar-refractivity contribution is 9.10. The Balaban J connectivity index is 2.45. The van der Waals surface area contributed by atoms with Crippen LogP contribution in [0.25, 0.3) is 0 Å². The van der Waals surface area contributed by atoms with E-state index in [4.69, 9.17) is 0 Å². The van der Waals surface area contributed by atoms with E-state index in [0.29, 0.717) is 0 Å². The first-order chi connectivity index (χ1) is 7.91. The Morgan fingerprint density at radius 3 is 2.76 bits per heavy atom. The molecule has 0 unspecified atom stereocenters. The lowest BCUT2D eigenvalue weighted by atomic mass is 9.97. The molecule has 0 fully saturated rings. The molecule has 0 spiro atoms. The number of carbonyl (C=O) groups excluding carboxylic acids is 1. The highest BCUT2D eigenvalue weighted by Gasteiger charge is 2.33. The van der Waals surface area contributed by atoms with Gasteiger partial charge in [-0.05, 0) is 44.7 Å². The van der Waals surface area contributed by atoms with Crippen molar-refractivity contribution in [3.63, 3.8) is 0 Å². The number of halogens is 1. The largest absolute Gasteiger partial charge is 0.311 e. The molecule has 1 aliphatic heterocycles. The predicted molar refractivity (Wildman–Crippen MR) is 74.9 cm³/mol. The van der Waals surface area contributed by atoms with Crippen LogP contribution in [0.15, 0.2) is 18.2 Å². The Labute approximate surface area is 111 Å². The van der Waals surface area contributed by atoms with Gasteiger partial charge in [0.05, 0.1) is 4.32 Å². The zero-order chi connectivity index (χ0) is 12.6. The maximum absolute atomic E-state index is 12.4. The zero-order valence-electron chi connectivity index (χ0n) is 10.6. The Hall–Kier alpha value is -0.830. The number of anilines is 1. The van der Waals surface area contributed by atoms with Crippen LogP contribution in [0.2, 0.25) is 0 Å². The molecule has 0 aliphatic carbocycles. The zero-order valence-corrected chi connectivity index (χ0v) is 12.2. The third-order valence-corrected chi connectivity index (χ3v) is 3.51. The first kappa shape index (κ1) is 12.6. The molecule has 92 valence electrons. The van der Waals surface area contributed by atoms with Crippen LogP contribution < -0.4 is 4.90 Å². The summed E-state index contributed by atoms with van der Waals surface area (Å²) in [6, 6.07) is 6.27. The number of rotatable bonds is 1. The predicted octanol–water partition coefficient (Wildman–Crippen LogP) is 3.45. The fourth-order valence-electron chi connectivity index (χ4n) is 2.37. The van der Waals surface area contributed by atoms with Gasteiger partial charge in [-0.15, -0.1) is 0 Å². The first-order valence-corrected chi connectivity index (χ1v) is 6.80. The van der Waals surface area contributed by atoms with E-state index in [1.165, 1.54) is 11.1 Å². The number of fused-ring (bicyclic) bond motifs is 1. The molecule has 1 heterocycles. The van der Waals surface area contributed by atoms with Crippen LogP contribution in [0, 0.1) is 6.92 Å². The molecule has 0 N–H and O–H groups in total. The second-order valence-corrected chi connectivity index (χ2v) is 7.10. The number of aryl methyl sites for hydroxylation is 2. The third kappa shape index (κ3) is 2.39. The van der Waals surface area contributed by atoms with Gasteiger partial charge in [0.25, 0.3) is 0 Å². The van der Waals surface area contributed by atoms with Crippen LogP contribution in [0.1, 0.15) is 31.4 Å². The summed E-state index contributed by atoms with van der Waals surface area (Å²) in [4.78, 5) is 14.3. The van der Waals surface area contributed by atoms with Crippen LogP contribution in [0.4, 0.5) is 5.69 Å². The lowest BCUT2D eigenvalue weighted by Gasteiger charge is -2.34. The van der Waals surface area contributed by atoms with Gasteiger partial charge in [0.1, 0.15) is 0 Å². The summed E-state index contributed by atoms with van der Waals surface area (Å²) in [5.41, 5.74) is 3.60. The van der Waals surface area contributed by atoms with Crippen LogP contribution in [-0.4, -0.2) is 16.8 Å². The second-order valence-electron chi connectivity index (χ2n) is 5.12. The molecule has 0 aromatic heterocycles. The van der Waals surface area contributed by atoms with Gasteiger partial charge in [-0.3, -0.25) is 4.79 Å². The molecule has 0 atom stereocenters. The minimum absolute atomic E-state index is 0.146. The fourth-order valence-corrected chi connectivity index (χ4v) is 2.59. The summed E-state index contributed by atoms with van der Waals surface area (Å²) in [6.07, 6.45) is 2.12. The van der Waals surface area contributed by atoms with Crippen LogP contribution in [0.3, 0.4) is 0 Å². The Kier molecular flexibility index (Phi) is 3.30. The van der Waals surface area contributed by atoms with Gasteiger partial charge < -0.3 is 4.90 Å². The highest BCUT2D eigenvalue weighted by Crippen LogP contribution is 2.33. The Bertz CT molecular complexity index is 448. The van der Waals surface area contributed by atoms with E-state index < -0.39 is 4.32 Å². The monoisotopic (exact) mass is 295 g/mol. The summed E-state index contributed by atoms with van der Waals surface area (Å²) in [7, 11) is 0. The van der Waals surface area contributed by atoms with Gasteiger partial charge in [0.2, 0.25) is 5.91 Å². The molecule has 1 aromatic rings. The fraction of sp³-hybridized carbons (Fsp3) is 0.500. The summed E-state index contributed by atoms with van der Waals surface area (Å²) in [6.45, 7) is 6.71. The van der Waals surface area contributed by atoms with Gasteiger partial charge in [0, 0.05) is 12.2 Å². The van der Waals surface area contributed by atoms with E-state index in [1.807, 2.05) is 18.7 Å². The molecule has 1 amide bonds. The van der Waals surface area contributed by atoms with Crippen molar-refractivity contribution >= 4 is 27.5 Å². The summed E-state index contributed by atoms with van der Waals surface area (Å²) in [5, 5.41) is 0. The molecular weight excluding hydrogens is 278 g/mol. The maximum atomic E-state index is 12.4. The third-order valence-electron chi connectivity index (χ3n) is 3.17. The second kappa shape index (κ2) is 4.45. The number of nitrogens with zero attached hydrogens (tertiary/aromatic N) is 1. The van der Waals surface area contributed by atoms with Crippen molar-refractivity contribution in [1.29, 1.82) is 0 Å². The number of para-hydroxylation sites is 1. The quantitative estimate of drug-likeness (QED) is 0.727. The van der Waals surface area contributed by atoms with E-state index in [2.05, 4.69) is 41.1 Å². The van der Waals surface area contributed by atoms with E-state index in [0.717, 1.165) is 25.1 Å². The van der Waals surface area contributed by atoms with Crippen LogP contribution >= 0.6 is 15.9 Å². The molecule has 3 heteroatoms. The van der Waals surface area contributed by atoms with Crippen molar-refractivity contribution in [1.82, 2.24) is 0 Å². The highest BCUT2D eigenvalue weighted by atomic mass is 79.9. The smallest absolute Gasteiger partial charge is 0.243 e. The van der Waals surface area contributed by atoms with E-state index in [9.17, 15) is 4.79 Å². The van der Waals surface area contributed by atoms with Crippen LogP contribution in [-0.2, 0) is 11.2 Å². The minimum Gasteiger partial charge on any atom is -0.311 e. The van der Waals surface area contributed by atoms with Gasteiger partial charge in [-0.1, -0.05) is 34.1 Å². The molecule has 0 saturated carbocycles. The maximum Gasteiger partial charge on any atom is 0.243 e. The van der Waals surface area contributed by atoms with Crippen molar-refractivity contribution < 1.29 is 4.79 Å². The van der Waals surface area contributed by atoms with Gasteiger partial charge in [-0.2, -0.15) is 0 Å². The number of alkyl halides is 1. The SMILES string of the molecule is Cc1cccc2c1N(C(=O)C(C)(C)Br)CCC2. The molecule has 0 saturated heterocycles. The summed E-state index contributed by atoms with van der Waals surface area (Å²) < 4.78 is -0.496. The molecule has 1 aliphatic rings. The molecule has 0 radical (unpaired) electrons. The van der Waals surface area contributed by atoms with E-state index >= 15 is 0 Å². The molecular formula is C14H18BrNO. The van der Waals surface area contributed by atoms with Crippen molar-refractivity contribution in [3.05, 3.63) is 29.3 Å². The van der Waals surface area contributed by atoms with Crippen LogP contribution in [0.5, 0.6) is 0 Å². The summed E-state index contributed by atoms with van der Waals surface area (Å²) >= 11 is 3.46. The normalized spacial score (nSPS) is 15.6. The standard InChI is InChI=1S/C14H18BrNO/c1-10-6-4-7-11-8-5-9-16(12(10)11)13(17)14(2,3)15/h4,6-7H,5,8-9H2,1-3H3. The number of amides is 1. The van der Waals surface area contributed by atoms with Crippen molar-refractivity contribution in [2.75, 3.05) is 11.4 Å². The first-order valence-electron chi connectivity index (χ1n) is 6.00. The van der Waals surface area contributed by atoms with Gasteiger partial charge >= 0.3 is 0 Å². The van der Waals surface area contributed by atoms with Crippen molar-refractivity contribution in [3.8, 4) is 0 Å². The Morgan fingerprint density at radius 2 is 2.12 bits per heavy atom. The minimum atomic E-state index is -0.496. The Morgan fingerprint density at radius 1 is 1.41 bits per heavy atom. The van der Waals surface area contributed by atoms with Gasteiger partial charge in [0.15, 0.2) is 0 Å². The molecule has 1 aromatic carbocycles. The molecule has 2 rings (SSSR count). The van der Waals surface area contributed by atoms with Gasteiger partial charge in [-0.25, -0.2) is 0 Å². The van der Waals surface area contributed by atoms with Crippen molar-refractivity contribution in [2.24, 2.45) is 0 Å². The van der Waals surface area contributed by atoms with E-state index in [1.54, 1.807) is 0 Å².